The van der Waals surface area contributed by atoms with E-state index in [9.17, 15) is 0 Å². The molecular formula is C15H21N3O3. The van der Waals surface area contributed by atoms with Crippen molar-refractivity contribution < 1.29 is 14.2 Å². The Morgan fingerprint density at radius 1 is 1.05 bits per heavy atom. The molecule has 0 saturated carbocycles. The van der Waals surface area contributed by atoms with Gasteiger partial charge in [0.1, 0.15) is 23.1 Å². The van der Waals surface area contributed by atoms with Crippen molar-refractivity contribution in [2.45, 2.75) is 20.4 Å². The molecule has 1 aromatic carbocycles. The lowest BCUT2D eigenvalue weighted by atomic mass is 10.1. The fourth-order valence-electron chi connectivity index (χ4n) is 2.39. The first kappa shape index (κ1) is 15.0. The van der Waals surface area contributed by atoms with Gasteiger partial charge in [-0.05, 0) is 19.9 Å². The van der Waals surface area contributed by atoms with E-state index in [2.05, 4.69) is 4.98 Å². The first-order chi connectivity index (χ1) is 10.1. The van der Waals surface area contributed by atoms with Crippen LogP contribution in [0.3, 0.4) is 0 Å². The molecule has 114 valence electrons. The summed E-state index contributed by atoms with van der Waals surface area (Å²) in [5.74, 6) is 3.32. The Morgan fingerprint density at radius 2 is 1.62 bits per heavy atom. The highest BCUT2D eigenvalue weighted by molar-refractivity contribution is 5.78. The molecule has 0 aliphatic carbocycles. The summed E-state index contributed by atoms with van der Waals surface area (Å²) in [4.78, 5) is 4.55. The van der Waals surface area contributed by atoms with Crippen molar-refractivity contribution >= 4 is 5.82 Å². The van der Waals surface area contributed by atoms with Crippen LogP contribution in [-0.4, -0.2) is 30.9 Å². The minimum atomic E-state index is 0.600. The van der Waals surface area contributed by atoms with Gasteiger partial charge in [0.05, 0.1) is 21.3 Å². The van der Waals surface area contributed by atoms with Crippen molar-refractivity contribution in [1.29, 1.82) is 0 Å². The van der Waals surface area contributed by atoms with Gasteiger partial charge in [0.2, 0.25) is 0 Å². The molecule has 0 saturated heterocycles. The smallest absolute Gasteiger partial charge is 0.164 e. The normalized spacial score (nSPS) is 10.5. The maximum absolute atomic E-state index is 6.21. The van der Waals surface area contributed by atoms with Crippen molar-refractivity contribution in [2.75, 3.05) is 27.1 Å². The van der Waals surface area contributed by atoms with Gasteiger partial charge in [-0.2, -0.15) is 0 Å². The number of hydrogen-bond acceptors (Lipinski definition) is 5. The number of nitrogens with zero attached hydrogens (tertiary/aromatic N) is 2. The number of nitrogens with two attached hydrogens (primary N) is 1. The zero-order valence-electron chi connectivity index (χ0n) is 13.1. The molecular weight excluding hydrogens is 270 g/mol. The Morgan fingerprint density at radius 3 is 2.10 bits per heavy atom. The topological polar surface area (TPSA) is 71.5 Å². The molecule has 6 heteroatoms. The number of imidazole rings is 1. The quantitative estimate of drug-likeness (QED) is 0.916. The van der Waals surface area contributed by atoms with E-state index in [0.29, 0.717) is 28.8 Å². The zero-order valence-corrected chi connectivity index (χ0v) is 13.1. The summed E-state index contributed by atoms with van der Waals surface area (Å²) in [6.07, 6.45) is 0. The summed E-state index contributed by atoms with van der Waals surface area (Å²) in [6, 6.07) is 3.60. The molecule has 2 aromatic rings. The highest BCUT2D eigenvalue weighted by Gasteiger charge is 2.19. The van der Waals surface area contributed by atoms with E-state index in [1.54, 1.807) is 27.4 Å². The minimum Gasteiger partial charge on any atom is -0.496 e. The largest absolute Gasteiger partial charge is 0.496 e. The van der Waals surface area contributed by atoms with Crippen LogP contribution in [-0.2, 0) is 6.54 Å². The Kier molecular flexibility index (Phi) is 4.26. The monoisotopic (exact) mass is 291 g/mol. The molecule has 21 heavy (non-hydrogen) atoms. The molecule has 2 N–H and O–H groups in total. The Labute approximate surface area is 124 Å². The molecule has 0 aliphatic heterocycles. The number of benzene rings is 1. The maximum atomic E-state index is 6.21. The summed E-state index contributed by atoms with van der Waals surface area (Å²) in [7, 11) is 4.78. The molecule has 0 amide bonds. The van der Waals surface area contributed by atoms with Crippen molar-refractivity contribution in [1.82, 2.24) is 9.55 Å². The Balaban J connectivity index is 2.68. The van der Waals surface area contributed by atoms with Crippen LogP contribution in [0, 0.1) is 6.92 Å². The van der Waals surface area contributed by atoms with Crippen molar-refractivity contribution in [3.63, 3.8) is 0 Å². The van der Waals surface area contributed by atoms with E-state index < -0.39 is 0 Å². The summed E-state index contributed by atoms with van der Waals surface area (Å²) in [5, 5.41) is 0. The van der Waals surface area contributed by atoms with E-state index in [-0.39, 0.29) is 0 Å². The molecule has 0 fully saturated rings. The van der Waals surface area contributed by atoms with Gasteiger partial charge in [-0.15, -0.1) is 0 Å². The van der Waals surface area contributed by atoms with Gasteiger partial charge in [-0.1, -0.05) is 0 Å². The fourth-order valence-corrected chi connectivity index (χ4v) is 2.39. The molecule has 0 aliphatic rings. The summed E-state index contributed by atoms with van der Waals surface area (Å²) in [5.41, 5.74) is 7.67. The molecule has 1 aromatic heterocycles. The first-order valence-electron chi connectivity index (χ1n) is 6.70. The third kappa shape index (κ3) is 2.49. The second-order valence-electron chi connectivity index (χ2n) is 4.54. The highest BCUT2D eigenvalue weighted by atomic mass is 16.5. The molecule has 0 radical (unpaired) electrons. The molecule has 0 spiro atoms. The van der Waals surface area contributed by atoms with Gasteiger partial charge in [-0.3, -0.25) is 0 Å². The van der Waals surface area contributed by atoms with E-state index in [4.69, 9.17) is 19.9 Å². The predicted octanol–water partition coefficient (Wildman–Crippen LogP) is 2.49. The molecule has 0 atom stereocenters. The van der Waals surface area contributed by atoms with E-state index in [1.165, 1.54) is 0 Å². The third-order valence-electron chi connectivity index (χ3n) is 3.47. The van der Waals surface area contributed by atoms with Gasteiger partial charge >= 0.3 is 0 Å². The zero-order chi connectivity index (χ0) is 15.6. The van der Waals surface area contributed by atoms with Gasteiger partial charge < -0.3 is 24.5 Å². The van der Waals surface area contributed by atoms with E-state index in [1.807, 2.05) is 24.5 Å². The lowest BCUT2D eigenvalue weighted by Gasteiger charge is -2.13. The van der Waals surface area contributed by atoms with Crippen LogP contribution in [0.5, 0.6) is 17.2 Å². The van der Waals surface area contributed by atoms with Gasteiger partial charge in [0, 0.05) is 18.2 Å². The van der Waals surface area contributed by atoms with Crippen LogP contribution in [0.1, 0.15) is 12.7 Å². The minimum absolute atomic E-state index is 0.600. The number of aryl methyl sites for hydroxylation is 1. The standard InChI is InChI=1S/C15H21N3O3/c1-6-18-9(2)17-14(15(18)16)10-7-12(20-4)13(21-5)8-11(10)19-3/h7-8H,6,16H2,1-5H3. The number of aromatic nitrogens is 2. The first-order valence-corrected chi connectivity index (χ1v) is 6.70. The molecule has 0 bridgehead atoms. The lowest BCUT2D eigenvalue weighted by Crippen LogP contribution is -2.02. The van der Waals surface area contributed by atoms with E-state index >= 15 is 0 Å². The third-order valence-corrected chi connectivity index (χ3v) is 3.47. The fraction of sp³-hybridized carbons (Fsp3) is 0.400. The summed E-state index contributed by atoms with van der Waals surface area (Å²) < 4.78 is 18.0. The summed E-state index contributed by atoms with van der Waals surface area (Å²) >= 11 is 0. The molecule has 2 rings (SSSR count). The Hall–Kier alpha value is -2.37. The van der Waals surface area contributed by atoms with E-state index in [0.717, 1.165) is 17.9 Å². The Bertz CT molecular complexity index is 650. The van der Waals surface area contributed by atoms with Crippen LogP contribution >= 0.6 is 0 Å². The number of anilines is 1. The average molecular weight is 291 g/mol. The van der Waals surface area contributed by atoms with Gasteiger partial charge in [-0.25, -0.2) is 4.98 Å². The van der Waals surface area contributed by atoms with Gasteiger partial charge in [0.15, 0.2) is 11.5 Å². The van der Waals surface area contributed by atoms with Crippen LogP contribution < -0.4 is 19.9 Å². The molecule has 0 unspecified atom stereocenters. The number of ether oxygens (including phenoxy) is 3. The number of nitrogen functional groups attached to an aromatic ring is 1. The van der Waals surface area contributed by atoms with Crippen molar-refractivity contribution in [3.05, 3.63) is 18.0 Å². The highest BCUT2D eigenvalue weighted by Crippen LogP contribution is 2.41. The number of methoxy groups -OCH3 is 3. The van der Waals surface area contributed by atoms with Crippen LogP contribution in [0.2, 0.25) is 0 Å². The van der Waals surface area contributed by atoms with Gasteiger partial charge in [0.25, 0.3) is 0 Å². The SMILES string of the molecule is CCn1c(C)nc(-c2cc(OC)c(OC)cc2OC)c1N. The summed E-state index contributed by atoms with van der Waals surface area (Å²) in [6.45, 7) is 4.72. The second kappa shape index (κ2) is 5.95. The maximum Gasteiger partial charge on any atom is 0.164 e. The number of rotatable bonds is 5. The van der Waals surface area contributed by atoms with Crippen LogP contribution in [0.4, 0.5) is 5.82 Å². The van der Waals surface area contributed by atoms with Crippen molar-refractivity contribution in [2.24, 2.45) is 0 Å². The van der Waals surface area contributed by atoms with Crippen LogP contribution in [0.15, 0.2) is 12.1 Å². The van der Waals surface area contributed by atoms with Crippen LogP contribution in [0.25, 0.3) is 11.3 Å². The predicted molar refractivity (Wildman–Crippen MR) is 82.1 cm³/mol. The second-order valence-corrected chi connectivity index (χ2v) is 4.54. The van der Waals surface area contributed by atoms with Crippen molar-refractivity contribution in [3.8, 4) is 28.5 Å². The lowest BCUT2D eigenvalue weighted by molar-refractivity contribution is 0.349. The molecule has 1 heterocycles. The average Bonchev–Trinajstić information content (AvgIpc) is 2.79. The number of hydrogen-bond donors (Lipinski definition) is 1. The molecule has 6 nitrogen and oxygen atoms in total.